The summed E-state index contributed by atoms with van der Waals surface area (Å²) in [5.41, 5.74) is 1.72. The van der Waals surface area contributed by atoms with Crippen molar-refractivity contribution < 1.29 is 19.0 Å². The minimum absolute atomic E-state index is 0.0736. The van der Waals surface area contributed by atoms with Crippen molar-refractivity contribution in [1.29, 1.82) is 0 Å². The Morgan fingerprint density at radius 2 is 2.06 bits per heavy atom. The Morgan fingerprint density at radius 3 is 2.88 bits per heavy atom. The summed E-state index contributed by atoms with van der Waals surface area (Å²) < 4.78 is 17.7. The summed E-state index contributed by atoms with van der Waals surface area (Å²) in [6.07, 6.45) is 7.25. The van der Waals surface area contributed by atoms with Gasteiger partial charge in [-0.05, 0) is 55.0 Å². The van der Waals surface area contributed by atoms with Crippen LogP contribution in [-0.2, 0) is 22.4 Å². The van der Waals surface area contributed by atoms with Crippen LogP contribution in [-0.4, -0.2) is 66.7 Å². The highest BCUT2D eigenvalue weighted by molar-refractivity contribution is 7.18. The number of benzene rings is 1. The molecule has 0 radical (unpaired) electrons. The van der Waals surface area contributed by atoms with Crippen LogP contribution in [0.2, 0.25) is 0 Å². The van der Waals surface area contributed by atoms with Gasteiger partial charge in [-0.2, -0.15) is 9.78 Å². The van der Waals surface area contributed by atoms with E-state index in [1.54, 1.807) is 40.7 Å². The molecule has 10 heteroatoms. The first-order chi connectivity index (χ1) is 16.6. The first kappa shape index (κ1) is 22.5. The number of carbonyl (C=O) groups is 1. The van der Waals surface area contributed by atoms with Crippen molar-refractivity contribution in [2.24, 2.45) is 5.10 Å². The molecule has 2 aromatic heterocycles. The van der Waals surface area contributed by atoms with Gasteiger partial charge in [0.05, 0.1) is 31.9 Å². The lowest BCUT2D eigenvalue weighted by atomic mass is 9.97. The number of amides is 1. The Labute approximate surface area is 200 Å². The smallest absolute Gasteiger partial charge is 0.282 e. The third-order valence-electron chi connectivity index (χ3n) is 6.09. The zero-order valence-corrected chi connectivity index (χ0v) is 19.8. The van der Waals surface area contributed by atoms with E-state index in [9.17, 15) is 9.59 Å². The summed E-state index contributed by atoms with van der Waals surface area (Å²) in [5.74, 6) is 0.854. The Bertz CT molecular complexity index is 1290. The molecule has 3 heterocycles. The van der Waals surface area contributed by atoms with Crippen LogP contribution in [0, 0.1) is 0 Å². The Hall–Kier alpha value is -3.24. The number of fused-ring (bicyclic) bond motifs is 3. The molecule has 1 saturated heterocycles. The third kappa shape index (κ3) is 4.55. The predicted molar refractivity (Wildman–Crippen MR) is 129 cm³/mol. The van der Waals surface area contributed by atoms with Gasteiger partial charge in [0, 0.05) is 18.0 Å². The highest BCUT2D eigenvalue weighted by Gasteiger charge is 2.20. The zero-order valence-electron chi connectivity index (χ0n) is 19.0. The Kier molecular flexibility index (Phi) is 6.59. The van der Waals surface area contributed by atoms with Crippen LogP contribution in [0.5, 0.6) is 11.5 Å². The average molecular weight is 483 g/mol. The summed E-state index contributed by atoms with van der Waals surface area (Å²) in [6, 6.07) is 5.28. The van der Waals surface area contributed by atoms with Crippen LogP contribution in [0.25, 0.3) is 10.2 Å². The normalized spacial score (nSPS) is 16.1. The van der Waals surface area contributed by atoms with Gasteiger partial charge in [0.25, 0.3) is 11.5 Å². The number of methoxy groups -OCH3 is 1. The maximum Gasteiger partial charge on any atom is 0.282 e. The maximum absolute atomic E-state index is 13.1. The average Bonchev–Trinajstić information content (AvgIpc) is 3.27. The van der Waals surface area contributed by atoms with Gasteiger partial charge in [-0.3, -0.25) is 9.59 Å². The molecule has 9 nitrogen and oxygen atoms in total. The summed E-state index contributed by atoms with van der Waals surface area (Å²) in [7, 11) is 1.54. The summed E-state index contributed by atoms with van der Waals surface area (Å²) in [6.45, 7) is 2.16. The number of carbonyl (C=O) groups excluding carboxylic acids is 1. The van der Waals surface area contributed by atoms with Crippen molar-refractivity contribution in [2.75, 3.05) is 40.0 Å². The van der Waals surface area contributed by atoms with E-state index in [0.717, 1.165) is 41.6 Å². The molecule has 0 bridgehead atoms. The zero-order chi connectivity index (χ0) is 23.5. The van der Waals surface area contributed by atoms with Gasteiger partial charge >= 0.3 is 0 Å². The first-order valence-corrected chi connectivity index (χ1v) is 12.2. The number of aromatic nitrogens is 2. The van der Waals surface area contributed by atoms with Gasteiger partial charge in [-0.15, -0.1) is 11.3 Å². The van der Waals surface area contributed by atoms with Crippen LogP contribution in [0.3, 0.4) is 0 Å². The molecule has 0 spiro atoms. The van der Waals surface area contributed by atoms with E-state index in [1.165, 1.54) is 23.0 Å². The van der Waals surface area contributed by atoms with Gasteiger partial charge in [-0.25, -0.2) is 4.98 Å². The molecule has 2 aliphatic rings. The van der Waals surface area contributed by atoms with Crippen molar-refractivity contribution in [3.05, 3.63) is 50.9 Å². The number of morpholine rings is 1. The second-order valence-corrected chi connectivity index (χ2v) is 9.31. The minimum atomic E-state index is -0.144. The maximum atomic E-state index is 13.1. The SMILES string of the molecule is COc1cc(/C=N\n2cnc3sc4c(c3c2=O)CCCC4)ccc1OCC(=O)N1CCOCC1. The summed E-state index contributed by atoms with van der Waals surface area (Å²) in [5, 5.41) is 5.05. The number of aryl methyl sites for hydroxylation is 2. The largest absolute Gasteiger partial charge is 0.493 e. The molecular weight excluding hydrogens is 456 g/mol. The molecular formula is C24H26N4O5S. The number of hydrogen-bond acceptors (Lipinski definition) is 8. The fraction of sp³-hybridized carbons (Fsp3) is 0.417. The standard InChI is InChI=1S/C24H26N4O5S/c1-31-19-12-16(6-7-18(19)33-14-21(29)27-8-10-32-11-9-27)13-26-28-15-25-23-22(24(28)30)17-4-2-3-5-20(17)34-23/h6-7,12-13,15H,2-5,8-11,14H2,1H3/b26-13-. The Balaban J connectivity index is 1.32. The first-order valence-electron chi connectivity index (χ1n) is 11.4. The van der Waals surface area contributed by atoms with E-state index in [0.29, 0.717) is 43.2 Å². The van der Waals surface area contributed by atoms with E-state index in [4.69, 9.17) is 14.2 Å². The minimum Gasteiger partial charge on any atom is -0.493 e. The van der Waals surface area contributed by atoms with Crippen LogP contribution >= 0.6 is 11.3 Å². The molecule has 1 amide bonds. The van der Waals surface area contributed by atoms with E-state index >= 15 is 0 Å². The highest BCUT2D eigenvalue weighted by atomic mass is 32.1. The lowest BCUT2D eigenvalue weighted by molar-refractivity contribution is -0.137. The summed E-state index contributed by atoms with van der Waals surface area (Å²) >= 11 is 1.62. The number of rotatable bonds is 6. The molecule has 0 saturated carbocycles. The molecule has 0 unspecified atom stereocenters. The molecule has 1 fully saturated rings. The molecule has 5 rings (SSSR count). The predicted octanol–water partition coefficient (Wildman–Crippen LogP) is 2.47. The molecule has 3 aromatic rings. The number of nitrogens with zero attached hydrogens (tertiary/aromatic N) is 4. The molecule has 0 atom stereocenters. The van der Waals surface area contributed by atoms with Crippen molar-refractivity contribution in [3.63, 3.8) is 0 Å². The van der Waals surface area contributed by atoms with E-state index in [2.05, 4.69) is 10.1 Å². The molecule has 1 aromatic carbocycles. The monoisotopic (exact) mass is 482 g/mol. The lowest BCUT2D eigenvalue weighted by Gasteiger charge is -2.26. The number of hydrogen-bond donors (Lipinski definition) is 0. The summed E-state index contributed by atoms with van der Waals surface area (Å²) in [4.78, 5) is 33.7. The molecule has 0 N–H and O–H groups in total. The third-order valence-corrected chi connectivity index (χ3v) is 7.29. The lowest BCUT2D eigenvalue weighted by Crippen LogP contribution is -2.43. The molecule has 178 valence electrons. The van der Waals surface area contributed by atoms with Gasteiger partial charge in [-0.1, -0.05) is 0 Å². The van der Waals surface area contributed by atoms with E-state index < -0.39 is 0 Å². The van der Waals surface area contributed by atoms with E-state index in [1.807, 2.05) is 0 Å². The van der Waals surface area contributed by atoms with Crippen molar-refractivity contribution >= 4 is 33.7 Å². The van der Waals surface area contributed by atoms with Crippen LogP contribution in [0.15, 0.2) is 34.4 Å². The second kappa shape index (κ2) is 9.94. The molecule has 34 heavy (non-hydrogen) atoms. The van der Waals surface area contributed by atoms with Gasteiger partial charge in [0.15, 0.2) is 18.1 Å². The second-order valence-electron chi connectivity index (χ2n) is 8.22. The van der Waals surface area contributed by atoms with Gasteiger partial charge < -0.3 is 19.1 Å². The topological polar surface area (TPSA) is 95.2 Å². The highest BCUT2D eigenvalue weighted by Crippen LogP contribution is 2.33. The Morgan fingerprint density at radius 1 is 1.24 bits per heavy atom. The van der Waals surface area contributed by atoms with Gasteiger partial charge in [0.2, 0.25) is 0 Å². The quantitative estimate of drug-likeness (QED) is 0.501. The fourth-order valence-corrected chi connectivity index (χ4v) is 5.49. The van der Waals surface area contributed by atoms with Crippen molar-refractivity contribution in [1.82, 2.24) is 14.6 Å². The van der Waals surface area contributed by atoms with Crippen molar-refractivity contribution in [3.8, 4) is 11.5 Å². The van der Waals surface area contributed by atoms with Crippen LogP contribution in [0.1, 0.15) is 28.8 Å². The number of thiophene rings is 1. The number of ether oxygens (including phenoxy) is 3. The van der Waals surface area contributed by atoms with Crippen LogP contribution in [0.4, 0.5) is 0 Å². The van der Waals surface area contributed by atoms with Crippen molar-refractivity contribution in [2.45, 2.75) is 25.7 Å². The van der Waals surface area contributed by atoms with E-state index in [-0.39, 0.29) is 18.1 Å². The van der Waals surface area contributed by atoms with Crippen LogP contribution < -0.4 is 15.0 Å². The fourth-order valence-electron chi connectivity index (χ4n) is 4.28. The van der Waals surface area contributed by atoms with Gasteiger partial charge in [0.1, 0.15) is 11.2 Å². The molecule has 1 aliphatic heterocycles. The molecule has 1 aliphatic carbocycles.